The monoisotopic (exact) mass is 420 g/mol. The summed E-state index contributed by atoms with van der Waals surface area (Å²) in [6.45, 7) is 3.29. The van der Waals surface area contributed by atoms with Crippen LogP contribution in [0.3, 0.4) is 0 Å². The molecule has 3 rings (SSSR count). The molecule has 1 aromatic heterocycles. The second kappa shape index (κ2) is 10.2. The van der Waals surface area contributed by atoms with Crippen molar-refractivity contribution in [3.63, 3.8) is 0 Å². The number of carbonyl (C=O) groups is 3. The minimum absolute atomic E-state index is 0.187. The van der Waals surface area contributed by atoms with Gasteiger partial charge in [-0.1, -0.05) is 0 Å². The van der Waals surface area contributed by atoms with Gasteiger partial charge in [0.25, 0.3) is 0 Å². The van der Waals surface area contributed by atoms with Gasteiger partial charge < -0.3 is 20.9 Å². The fourth-order valence-electron chi connectivity index (χ4n) is 3.43. The Morgan fingerprint density at radius 2 is 1.71 bits per heavy atom. The first-order valence-electron chi connectivity index (χ1n) is 10.0. The summed E-state index contributed by atoms with van der Waals surface area (Å²) in [5.41, 5.74) is 1.62. The molecule has 0 spiro atoms. The van der Waals surface area contributed by atoms with Gasteiger partial charge in [0.1, 0.15) is 11.9 Å². The Hall–Kier alpha value is -3.93. The molecular formula is C22H24N6O3. The Labute approximate surface area is 180 Å². The molecule has 0 atom stereocenters. The summed E-state index contributed by atoms with van der Waals surface area (Å²) in [4.78, 5) is 41.7. The normalized spacial score (nSPS) is 13.7. The van der Waals surface area contributed by atoms with E-state index in [9.17, 15) is 19.6 Å². The lowest BCUT2D eigenvalue weighted by Gasteiger charge is -2.33. The smallest absolute Gasteiger partial charge is 0.313 e. The summed E-state index contributed by atoms with van der Waals surface area (Å²) in [7, 11) is 0. The molecule has 1 fully saturated rings. The van der Waals surface area contributed by atoms with Crippen molar-refractivity contribution in [2.75, 3.05) is 35.2 Å². The number of nitrogens with zero attached hydrogens (tertiary/aromatic N) is 3. The summed E-state index contributed by atoms with van der Waals surface area (Å²) in [5, 5.41) is 17.1. The van der Waals surface area contributed by atoms with Gasteiger partial charge in [0, 0.05) is 44.1 Å². The molecular weight excluding hydrogens is 396 g/mol. The molecule has 1 aromatic carbocycles. The van der Waals surface area contributed by atoms with Crippen LogP contribution in [0, 0.1) is 17.2 Å². The number of hydrogen-bond acceptors (Lipinski definition) is 6. The van der Waals surface area contributed by atoms with Gasteiger partial charge in [0.05, 0.1) is 5.56 Å². The first-order chi connectivity index (χ1) is 15.0. The van der Waals surface area contributed by atoms with E-state index in [2.05, 4.69) is 31.9 Å². The number of rotatable bonds is 5. The Morgan fingerprint density at radius 1 is 1.06 bits per heavy atom. The number of piperidine rings is 1. The molecule has 2 heterocycles. The molecule has 31 heavy (non-hydrogen) atoms. The average molecular weight is 420 g/mol. The van der Waals surface area contributed by atoms with Crippen LogP contribution in [0.25, 0.3) is 0 Å². The number of nitrogens with one attached hydrogen (secondary N) is 3. The third-order valence-electron chi connectivity index (χ3n) is 5.04. The lowest BCUT2D eigenvalue weighted by atomic mass is 9.96. The van der Waals surface area contributed by atoms with Crippen molar-refractivity contribution in [1.82, 2.24) is 10.3 Å². The molecule has 160 valence electrons. The highest BCUT2D eigenvalue weighted by Crippen LogP contribution is 2.23. The average Bonchev–Trinajstić information content (AvgIpc) is 2.78. The van der Waals surface area contributed by atoms with Gasteiger partial charge in [0.2, 0.25) is 5.91 Å². The standard InChI is InChI=1S/C22H24N6O3/c1-15(29)26-18-4-6-19(7-5-18)27-22(31)21(30)25-14-16-8-11-28(12-9-16)20-17(13-23)3-2-10-24-20/h2-7,10,16H,8-9,11-12,14H2,1H3,(H,25,30)(H,26,29)(H,27,31). The van der Waals surface area contributed by atoms with Crippen LogP contribution in [0.4, 0.5) is 17.2 Å². The minimum Gasteiger partial charge on any atom is -0.356 e. The maximum absolute atomic E-state index is 12.1. The van der Waals surface area contributed by atoms with E-state index in [1.165, 1.54) is 6.92 Å². The molecule has 1 aliphatic rings. The van der Waals surface area contributed by atoms with Gasteiger partial charge in [-0.25, -0.2) is 4.98 Å². The van der Waals surface area contributed by atoms with Crippen LogP contribution in [0.1, 0.15) is 25.3 Å². The zero-order chi connectivity index (χ0) is 22.2. The van der Waals surface area contributed by atoms with Crippen molar-refractivity contribution < 1.29 is 14.4 Å². The Bertz CT molecular complexity index is 991. The third-order valence-corrected chi connectivity index (χ3v) is 5.04. The molecule has 0 aliphatic carbocycles. The van der Waals surface area contributed by atoms with E-state index in [4.69, 9.17) is 0 Å². The van der Waals surface area contributed by atoms with Crippen LogP contribution in [0.5, 0.6) is 0 Å². The van der Waals surface area contributed by atoms with E-state index in [1.807, 2.05) is 0 Å². The van der Waals surface area contributed by atoms with E-state index in [1.54, 1.807) is 42.6 Å². The molecule has 9 heteroatoms. The summed E-state index contributed by atoms with van der Waals surface area (Å²) in [6, 6.07) is 12.2. The molecule has 1 saturated heterocycles. The van der Waals surface area contributed by atoms with E-state index < -0.39 is 11.8 Å². The van der Waals surface area contributed by atoms with Crippen molar-refractivity contribution in [2.24, 2.45) is 5.92 Å². The minimum atomic E-state index is -0.739. The topological polar surface area (TPSA) is 127 Å². The number of aromatic nitrogens is 1. The lowest BCUT2D eigenvalue weighted by Crippen LogP contribution is -2.42. The fourth-order valence-corrected chi connectivity index (χ4v) is 3.43. The van der Waals surface area contributed by atoms with Gasteiger partial charge in [-0.15, -0.1) is 0 Å². The highest BCUT2D eigenvalue weighted by molar-refractivity contribution is 6.39. The third kappa shape index (κ3) is 6.02. The largest absolute Gasteiger partial charge is 0.356 e. The van der Waals surface area contributed by atoms with Crippen molar-refractivity contribution in [3.05, 3.63) is 48.2 Å². The molecule has 0 unspecified atom stereocenters. The fraction of sp³-hybridized carbons (Fsp3) is 0.318. The number of nitriles is 1. The number of amides is 3. The van der Waals surface area contributed by atoms with Crippen LogP contribution in [-0.2, 0) is 14.4 Å². The first kappa shape index (κ1) is 21.8. The van der Waals surface area contributed by atoms with Gasteiger partial charge in [0.15, 0.2) is 0 Å². The summed E-state index contributed by atoms with van der Waals surface area (Å²) in [5.74, 6) is -0.676. The second-order valence-corrected chi connectivity index (χ2v) is 7.34. The Kier molecular flexibility index (Phi) is 7.17. The van der Waals surface area contributed by atoms with E-state index in [0.29, 0.717) is 29.3 Å². The predicted octanol–water partition coefficient (Wildman–Crippen LogP) is 1.88. The highest BCUT2D eigenvalue weighted by atomic mass is 16.2. The number of anilines is 3. The molecule has 9 nitrogen and oxygen atoms in total. The zero-order valence-corrected chi connectivity index (χ0v) is 17.2. The van der Waals surface area contributed by atoms with Crippen LogP contribution in [-0.4, -0.2) is 42.3 Å². The van der Waals surface area contributed by atoms with Crippen molar-refractivity contribution in [2.45, 2.75) is 19.8 Å². The summed E-state index contributed by atoms with van der Waals surface area (Å²) < 4.78 is 0. The Morgan fingerprint density at radius 3 is 2.32 bits per heavy atom. The maximum atomic E-state index is 12.1. The number of hydrogen-bond donors (Lipinski definition) is 3. The van der Waals surface area contributed by atoms with E-state index in [-0.39, 0.29) is 11.8 Å². The molecule has 0 saturated carbocycles. The highest BCUT2D eigenvalue weighted by Gasteiger charge is 2.23. The first-order valence-corrected chi connectivity index (χ1v) is 10.0. The summed E-state index contributed by atoms with van der Waals surface area (Å²) >= 11 is 0. The van der Waals surface area contributed by atoms with Crippen molar-refractivity contribution in [3.8, 4) is 6.07 Å². The van der Waals surface area contributed by atoms with Gasteiger partial charge in [-0.3, -0.25) is 14.4 Å². The SMILES string of the molecule is CC(=O)Nc1ccc(NC(=O)C(=O)NCC2CCN(c3ncccc3C#N)CC2)cc1. The van der Waals surface area contributed by atoms with Crippen LogP contribution < -0.4 is 20.9 Å². The molecule has 0 bridgehead atoms. The van der Waals surface area contributed by atoms with Crippen LogP contribution in [0.15, 0.2) is 42.6 Å². The quantitative estimate of drug-likeness (QED) is 0.634. The van der Waals surface area contributed by atoms with Crippen molar-refractivity contribution >= 4 is 34.9 Å². The lowest BCUT2D eigenvalue weighted by molar-refractivity contribution is -0.136. The molecule has 3 amide bonds. The maximum Gasteiger partial charge on any atom is 0.313 e. The summed E-state index contributed by atoms with van der Waals surface area (Å²) in [6.07, 6.45) is 3.33. The molecule has 0 radical (unpaired) electrons. The van der Waals surface area contributed by atoms with Crippen molar-refractivity contribution in [1.29, 1.82) is 5.26 Å². The number of pyridine rings is 1. The van der Waals surface area contributed by atoms with Gasteiger partial charge >= 0.3 is 11.8 Å². The molecule has 1 aliphatic heterocycles. The van der Waals surface area contributed by atoms with E-state index in [0.717, 1.165) is 25.9 Å². The molecule has 2 aromatic rings. The predicted molar refractivity (Wildman–Crippen MR) is 116 cm³/mol. The van der Waals surface area contributed by atoms with Gasteiger partial charge in [-0.05, 0) is 55.2 Å². The van der Waals surface area contributed by atoms with Crippen LogP contribution in [0.2, 0.25) is 0 Å². The van der Waals surface area contributed by atoms with Gasteiger partial charge in [-0.2, -0.15) is 5.26 Å². The Balaban J connectivity index is 1.43. The number of carbonyl (C=O) groups excluding carboxylic acids is 3. The second-order valence-electron chi connectivity index (χ2n) is 7.34. The number of benzene rings is 1. The van der Waals surface area contributed by atoms with Crippen LogP contribution >= 0.6 is 0 Å². The zero-order valence-electron chi connectivity index (χ0n) is 17.2. The molecule has 3 N–H and O–H groups in total. The van der Waals surface area contributed by atoms with E-state index >= 15 is 0 Å².